The van der Waals surface area contributed by atoms with Gasteiger partial charge in [0.2, 0.25) is 11.0 Å². The highest BCUT2D eigenvalue weighted by atomic mass is 32.1. The van der Waals surface area contributed by atoms with E-state index >= 15 is 0 Å². The Balaban J connectivity index is 1.57. The minimum absolute atomic E-state index is 0.00624. The molecule has 0 amide bonds. The summed E-state index contributed by atoms with van der Waals surface area (Å²) in [4.78, 5) is 37.8. The van der Waals surface area contributed by atoms with E-state index in [1.807, 2.05) is 30.3 Å². The summed E-state index contributed by atoms with van der Waals surface area (Å²) in [5.41, 5.74) is 0.0497. The van der Waals surface area contributed by atoms with Crippen LogP contribution in [0.15, 0.2) is 66.8 Å². The van der Waals surface area contributed by atoms with Crippen molar-refractivity contribution in [3.8, 4) is 17.1 Å². The molecule has 0 radical (unpaired) electrons. The number of aromatic hydroxyl groups is 1. The Hall–Kier alpha value is -3.89. The van der Waals surface area contributed by atoms with Crippen LogP contribution >= 0.6 is 23.6 Å². The minimum atomic E-state index is -0.580. The van der Waals surface area contributed by atoms with Gasteiger partial charge in [0.25, 0.3) is 5.56 Å². The number of rotatable bonds is 3. The molecule has 10 heteroatoms. The zero-order chi connectivity index (χ0) is 21.5. The highest BCUT2D eigenvalue weighted by molar-refractivity contribution is 7.71. The Morgan fingerprint density at radius 3 is 2.81 bits per heavy atom. The van der Waals surface area contributed by atoms with Crippen LogP contribution in [0.2, 0.25) is 0 Å². The predicted octanol–water partition coefficient (Wildman–Crippen LogP) is 4.27. The number of benzene rings is 2. The summed E-state index contributed by atoms with van der Waals surface area (Å²) in [6.45, 7) is 0. The summed E-state index contributed by atoms with van der Waals surface area (Å²) in [5.74, 6) is -0.392. The van der Waals surface area contributed by atoms with Crippen molar-refractivity contribution in [2.24, 2.45) is 4.99 Å². The topological polar surface area (TPSA) is 124 Å². The van der Waals surface area contributed by atoms with Crippen LogP contribution in [0.3, 0.4) is 0 Å². The third-order valence-corrected chi connectivity index (χ3v) is 5.63. The van der Waals surface area contributed by atoms with E-state index in [1.165, 1.54) is 17.6 Å². The lowest BCUT2D eigenvalue weighted by Crippen LogP contribution is -2.13. The molecule has 8 nitrogen and oxygen atoms in total. The maximum Gasteiger partial charge on any atom is 0.345 e. The second-order valence-corrected chi connectivity index (χ2v) is 7.83. The number of aliphatic imine (C=N–C) groups is 1. The van der Waals surface area contributed by atoms with Crippen LogP contribution < -0.4 is 11.2 Å². The highest BCUT2D eigenvalue weighted by Crippen LogP contribution is 2.30. The number of hydrogen-bond acceptors (Lipinski definition) is 8. The van der Waals surface area contributed by atoms with Crippen molar-refractivity contribution in [3.05, 3.63) is 79.0 Å². The van der Waals surface area contributed by atoms with Crippen LogP contribution in [0.5, 0.6) is 5.88 Å². The molecule has 0 atom stereocenters. The normalized spacial score (nSPS) is 11.6. The van der Waals surface area contributed by atoms with Gasteiger partial charge in [-0.2, -0.15) is 0 Å². The van der Waals surface area contributed by atoms with Crippen LogP contribution in [-0.2, 0) is 0 Å². The average Bonchev–Trinajstić information content (AvgIpc) is 3.21. The largest absolute Gasteiger partial charge is 0.494 e. The molecule has 0 aliphatic heterocycles. The Bertz CT molecular complexity index is 1680. The van der Waals surface area contributed by atoms with Crippen LogP contribution in [0.25, 0.3) is 33.0 Å². The Morgan fingerprint density at radius 1 is 1.13 bits per heavy atom. The molecule has 0 saturated heterocycles. The summed E-state index contributed by atoms with van der Waals surface area (Å²) in [5, 5.41) is 14.6. The lowest BCUT2D eigenvalue weighted by molar-refractivity contribution is 0.449. The maximum atomic E-state index is 12.5. The fourth-order valence-electron chi connectivity index (χ4n) is 3.22. The van der Waals surface area contributed by atoms with Crippen molar-refractivity contribution in [1.29, 1.82) is 0 Å². The molecule has 0 saturated carbocycles. The van der Waals surface area contributed by atoms with Gasteiger partial charge in [-0.1, -0.05) is 30.3 Å². The first-order valence-electron chi connectivity index (χ1n) is 9.01. The second-order valence-electron chi connectivity index (χ2n) is 6.59. The third kappa shape index (κ3) is 3.47. The SMILES string of the molecule is O=c1[nH]c(=S)[nH]c(O)c1/C=N/c1nc(-c2cc3c(ccc4ccccc43)oc2=O)cs1. The standard InChI is InChI=1S/C21H12N4O4S2/c26-17-14(18(27)25-20(30)24-17)8-22-21-23-15(9-31-21)13-7-12-11-4-2-1-3-10(11)5-6-16(12)29-19(13)28/h1-9H,(H3,24,25,26,27,30)/b22-8+. The van der Waals surface area contributed by atoms with Gasteiger partial charge < -0.3 is 14.5 Å². The second kappa shape index (κ2) is 7.42. The van der Waals surface area contributed by atoms with Gasteiger partial charge in [0.1, 0.15) is 11.1 Å². The molecule has 0 spiro atoms. The molecule has 152 valence electrons. The first-order valence-corrected chi connectivity index (χ1v) is 10.3. The lowest BCUT2D eigenvalue weighted by Gasteiger charge is -2.04. The monoisotopic (exact) mass is 448 g/mol. The summed E-state index contributed by atoms with van der Waals surface area (Å²) in [6.07, 6.45) is 1.18. The van der Waals surface area contributed by atoms with Gasteiger partial charge in [-0.05, 0) is 35.1 Å². The molecule has 3 aromatic heterocycles. The zero-order valence-electron chi connectivity index (χ0n) is 15.6. The number of nitrogens with zero attached hydrogens (tertiary/aromatic N) is 2. The van der Waals surface area contributed by atoms with Crippen molar-refractivity contribution >= 4 is 56.6 Å². The molecular formula is C21H12N4O4S2. The molecule has 31 heavy (non-hydrogen) atoms. The van der Waals surface area contributed by atoms with E-state index < -0.39 is 17.1 Å². The maximum absolute atomic E-state index is 12.5. The summed E-state index contributed by atoms with van der Waals surface area (Å²) in [7, 11) is 0. The van der Waals surface area contributed by atoms with Gasteiger partial charge in [-0.25, -0.2) is 14.8 Å². The fourth-order valence-corrected chi connectivity index (χ4v) is 4.07. The molecule has 5 aromatic rings. The van der Waals surface area contributed by atoms with Crippen molar-refractivity contribution < 1.29 is 9.52 Å². The van der Waals surface area contributed by atoms with Crippen molar-refractivity contribution in [2.75, 3.05) is 0 Å². The molecule has 0 unspecified atom stereocenters. The molecule has 5 rings (SSSR count). The molecule has 2 aromatic carbocycles. The van der Waals surface area contributed by atoms with Crippen LogP contribution in [0, 0.1) is 4.77 Å². The van der Waals surface area contributed by atoms with Crippen molar-refractivity contribution in [2.45, 2.75) is 0 Å². The molecule has 0 aliphatic rings. The van der Waals surface area contributed by atoms with Crippen LogP contribution in [0.1, 0.15) is 5.56 Å². The number of nitrogens with one attached hydrogen (secondary N) is 2. The molecule has 3 heterocycles. The van der Waals surface area contributed by atoms with Gasteiger partial charge >= 0.3 is 5.63 Å². The van der Waals surface area contributed by atoms with E-state index in [2.05, 4.69) is 19.9 Å². The van der Waals surface area contributed by atoms with Gasteiger partial charge in [0.15, 0.2) is 4.77 Å². The van der Waals surface area contributed by atoms with Crippen molar-refractivity contribution in [3.63, 3.8) is 0 Å². The molecule has 0 bridgehead atoms. The van der Waals surface area contributed by atoms with E-state index in [0.717, 1.165) is 16.2 Å². The number of aromatic amines is 2. The van der Waals surface area contributed by atoms with E-state index in [4.69, 9.17) is 16.6 Å². The highest BCUT2D eigenvalue weighted by Gasteiger charge is 2.13. The van der Waals surface area contributed by atoms with Gasteiger partial charge in [-0.3, -0.25) is 9.78 Å². The minimum Gasteiger partial charge on any atom is -0.494 e. The number of H-pyrrole nitrogens is 2. The molecule has 3 N–H and O–H groups in total. The van der Waals surface area contributed by atoms with Gasteiger partial charge in [0, 0.05) is 17.0 Å². The Morgan fingerprint density at radius 2 is 1.97 bits per heavy atom. The third-order valence-electron chi connectivity index (χ3n) is 4.67. The predicted molar refractivity (Wildman–Crippen MR) is 122 cm³/mol. The van der Waals surface area contributed by atoms with Gasteiger partial charge in [0.05, 0.1) is 11.3 Å². The molecule has 0 aliphatic carbocycles. The van der Waals surface area contributed by atoms with E-state index in [-0.39, 0.29) is 10.3 Å². The Labute approximate surface area is 182 Å². The zero-order valence-corrected chi connectivity index (χ0v) is 17.2. The summed E-state index contributed by atoms with van der Waals surface area (Å²) >= 11 is 5.97. The number of thiazole rings is 1. The first kappa shape index (κ1) is 19.1. The van der Waals surface area contributed by atoms with E-state index in [1.54, 1.807) is 17.5 Å². The number of fused-ring (bicyclic) bond motifs is 3. The fraction of sp³-hybridized carbons (Fsp3) is 0. The number of aromatic nitrogens is 3. The number of hydrogen-bond donors (Lipinski definition) is 3. The smallest absolute Gasteiger partial charge is 0.345 e. The van der Waals surface area contributed by atoms with Crippen molar-refractivity contribution in [1.82, 2.24) is 15.0 Å². The summed E-state index contributed by atoms with van der Waals surface area (Å²) < 4.78 is 5.52. The molecule has 0 fully saturated rings. The lowest BCUT2D eigenvalue weighted by atomic mass is 10.0. The van der Waals surface area contributed by atoms with E-state index in [9.17, 15) is 14.7 Å². The quantitative estimate of drug-likeness (QED) is 0.164. The van der Waals surface area contributed by atoms with Crippen LogP contribution in [-0.4, -0.2) is 26.3 Å². The van der Waals surface area contributed by atoms with E-state index in [0.29, 0.717) is 22.0 Å². The van der Waals surface area contributed by atoms with Gasteiger partial charge in [-0.15, -0.1) is 11.3 Å². The first-order chi connectivity index (χ1) is 15.0. The Kier molecular flexibility index (Phi) is 4.57. The summed E-state index contributed by atoms with van der Waals surface area (Å²) in [6, 6.07) is 13.3. The average molecular weight is 448 g/mol. The molecular weight excluding hydrogens is 436 g/mol. The van der Waals surface area contributed by atoms with Crippen LogP contribution in [0.4, 0.5) is 5.13 Å².